The third kappa shape index (κ3) is 3.01. The Kier molecular flexibility index (Phi) is 4.96. The zero-order valence-electron chi connectivity index (χ0n) is 12.3. The van der Waals surface area contributed by atoms with Crippen LogP contribution in [0.15, 0.2) is 12.1 Å². The van der Waals surface area contributed by atoms with Gasteiger partial charge in [-0.1, -0.05) is 0 Å². The number of nitrogens with zero attached hydrogens (tertiary/aromatic N) is 1. The van der Waals surface area contributed by atoms with Crippen LogP contribution in [0.5, 0.6) is 11.5 Å². The van der Waals surface area contributed by atoms with E-state index >= 15 is 0 Å². The number of ether oxygens (including phenoxy) is 2. The summed E-state index contributed by atoms with van der Waals surface area (Å²) in [6.07, 6.45) is 0. The predicted octanol–water partition coefficient (Wildman–Crippen LogP) is 1.56. The van der Waals surface area contributed by atoms with Crippen molar-refractivity contribution in [2.45, 2.75) is 19.9 Å². The fraction of sp³-hybridized carbons (Fsp3) is 0.429. The Morgan fingerprint density at radius 1 is 1.20 bits per heavy atom. The summed E-state index contributed by atoms with van der Waals surface area (Å²) in [5, 5.41) is 8.96. The van der Waals surface area contributed by atoms with Crippen molar-refractivity contribution in [2.24, 2.45) is 0 Å². The van der Waals surface area contributed by atoms with Crippen molar-refractivity contribution in [1.82, 2.24) is 4.90 Å². The summed E-state index contributed by atoms with van der Waals surface area (Å²) in [6, 6.07) is 2.34. The van der Waals surface area contributed by atoms with E-state index in [0.29, 0.717) is 22.6 Å². The first-order valence-corrected chi connectivity index (χ1v) is 6.06. The summed E-state index contributed by atoms with van der Waals surface area (Å²) in [5.74, 6) is -0.481. The van der Waals surface area contributed by atoms with Crippen LogP contribution in [0.1, 0.15) is 22.8 Å². The smallest absolute Gasteiger partial charge is 0.326 e. The normalized spacial score (nSPS) is 11.7. The third-order valence-electron chi connectivity index (χ3n) is 3.22. The predicted molar refractivity (Wildman–Crippen MR) is 73.5 cm³/mol. The van der Waals surface area contributed by atoms with Crippen molar-refractivity contribution in [3.8, 4) is 11.5 Å². The Morgan fingerprint density at radius 2 is 1.70 bits per heavy atom. The minimum Gasteiger partial charge on any atom is -0.493 e. The van der Waals surface area contributed by atoms with Crippen molar-refractivity contribution < 1.29 is 24.2 Å². The van der Waals surface area contributed by atoms with E-state index in [2.05, 4.69) is 0 Å². The first kappa shape index (κ1) is 15.8. The molecule has 0 saturated heterocycles. The van der Waals surface area contributed by atoms with E-state index < -0.39 is 12.0 Å². The molecular formula is C14H19NO5. The highest BCUT2D eigenvalue weighted by atomic mass is 16.5. The van der Waals surface area contributed by atoms with E-state index in [0.717, 1.165) is 0 Å². The number of aryl methyl sites for hydroxylation is 1. The molecule has 0 aromatic heterocycles. The molecule has 20 heavy (non-hydrogen) atoms. The van der Waals surface area contributed by atoms with E-state index in [-0.39, 0.29) is 5.91 Å². The molecule has 1 aromatic rings. The molecule has 1 amide bonds. The molecule has 0 spiro atoms. The van der Waals surface area contributed by atoms with Gasteiger partial charge in [-0.2, -0.15) is 0 Å². The molecule has 1 N–H and O–H groups in total. The zero-order chi connectivity index (χ0) is 15.4. The first-order chi connectivity index (χ1) is 9.33. The van der Waals surface area contributed by atoms with Gasteiger partial charge >= 0.3 is 5.97 Å². The highest BCUT2D eigenvalue weighted by Gasteiger charge is 2.25. The highest BCUT2D eigenvalue weighted by molar-refractivity contribution is 5.98. The van der Waals surface area contributed by atoms with Crippen LogP contribution in [0.4, 0.5) is 0 Å². The minimum absolute atomic E-state index is 0.377. The number of hydrogen-bond acceptors (Lipinski definition) is 4. The van der Waals surface area contributed by atoms with Gasteiger partial charge in [0.05, 0.1) is 14.2 Å². The van der Waals surface area contributed by atoms with Crippen LogP contribution in [-0.4, -0.2) is 49.2 Å². The standard InChI is InChI=1S/C14H19NO5/c1-8-6-11(19-4)12(20-5)7-10(8)13(16)15(3)9(2)14(17)18/h6-7,9H,1-5H3,(H,17,18). The number of carboxylic acids is 1. The van der Waals surface area contributed by atoms with Gasteiger partial charge in [0.2, 0.25) is 0 Å². The van der Waals surface area contributed by atoms with E-state index in [1.807, 2.05) is 0 Å². The molecule has 0 aliphatic rings. The molecule has 1 aromatic carbocycles. The van der Waals surface area contributed by atoms with Crippen LogP contribution in [0, 0.1) is 6.92 Å². The number of benzene rings is 1. The summed E-state index contributed by atoms with van der Waals surface area (Å²) >= 11 is 0. The number of amides is 1. The molecule has 0 saturated carbocycles. The van der Waals surface area contributed by atoms with Crippen molar-refractivity contribution in [1.29, 1.82) is 0 Å². The Labute approximate surface area is 117 Å². The number of methoxy groups -OCH3 is 2. The lowest BCUT2D eigenvalue weighted by molar-refractivity contribution is -0.141. The van der Waals surface area contributed by atoms with Gasteiger partial charge in [0.1, 0.15) is 6.04 Å². The Bertz CT molecular complexity index is 527. The summed E-state index contributed by atoms with van der Waals surface area (Å²) in [6.45, 7) is 3.21. The van der Waals surface area contributed by atoms with Crippen molar-refractivity contribution in [3.05, 3.63) is 23.3 Å². The summed E-state index contributed by atoms with van der Waals surface area (Å²) in [4.78, 5) is 24.5. The first-order valence-electron chi connectivity index (χ1n) is 6.06. The maximum absolute atomic E-state index is 12.3. The second-order valence-corrected chi connectivity index (χ2v) is 4.45. The molecule has 110 valence electrons. The molecule has 0 aliphatic carbocycles. The van der Waals surface area contributed by atoms with E-state index in [1.54, 1.807) is 19.1 Å². The molecule has 0 radical (unpaired) electrons. The van der Waals surface area contributed by atoms with Gasteiger partial charge in [-0.3, -0.25) is 4.79 Å². The Balaban J connectivity index is 3.19. The molecule has 1 rings (SSSR count). The molecular weight excluding hydrogens is 262 g/mol. The van der Waals surface area contributed by atoms with Gasteiger partial charge in [-0.25, -0.2) is 4.79 Å². The largest absolute Gasteiger partial charge is 0.493 e. The number of carbonyl (C=O) groups is 2. The Hall–Kier alpha value is -2.24. The molecule has 0 bridgehead atoms. The second kappa shape index (κ2) is 6.27. The molecule has 6 heteroatoms. The van der Waals surface area contributed by atoms with Crippen LogP contribution >= 0.6 is 0 Å². The summed E-state index contributed by atoms with van der Waals surface area (Å²) in [7, 11) is 4.44. The molecule has 0 heterocycles. The van der Waals surface area contributed by atoms with Crippen LogP contribution in [0.25, 0.3) is 0 Å². The van der Waals surface area contributed by atoms with Gasteiger partial charge in [0.25, 0.3) is 5.91 Å². The van der Waals surface area contributed by atoms with Crippen LogP contribution in [0.2, 0.25) is 0 Å². The second-order valence-electron chi connectivity index (χ2n) is 4.45. The van der Waals surface area contributed by atoms with Crippen molar-refractivity contribution in [2.75, 3.05) is 21.3 Å². The fourth-order valence-electron chi connectivity index (χ4n) is 1.74. The average Bonchev–Trinajstić information content (AvgIpc) is 2.44. The number of carboxylic acid groups (broad SMARTS) is 1. The Morgan fingerprint density at radius 3 is 2.15 bits per heavy atom. The van der Waals surface area contributed by atoms with Crippen molar-refractivity contribution >= 4 is 11.9 Å². The maximum Gasteiger partial charge on any atom is 0.326 e. The highest BCUT2D eigenvalue weighted by Crippen LogP contribution is 2.30. The summed E-state index contributed by atoms with van der Waals surface area (Å²) in [5.41, 5.74) is 1.08. The lowest BCUT2D eigenvalue weighted by Gasteiger charge is -2.23. The minimum atomic E-state index is -1.06. The van der Waals surface area contributed by atoms with Crippen LogP contribution in [-0.2, 0) is 4.79 Å². The zero-order valence-corrected chi connectivity index (χ0v) is 12.3. The molecule has 1 atom stereocenters. The van der Waals surface area contributed by atoms with Crippen molar-refractivity contribution in [3.63, 3.8) is 0 Å². The number of rotatable bonds is 5. The maximum atomic E-state index is 12.3. The van der Waals surface area contributed by atoms with E-state index in [9.17, 15) is 9.59 Å². The fourth-order valence-corrected chi connectivity index (χ4v) is 1.74. The molecule has 6 nitrogen and oxygen atoms in total. The average molecular weight is 281 g/mol. The molecule has 0 aliphatic heterocycles. The molecule has 1 unspecified atom stereocenters. The van der Waals surface area contributed by atoms with E-state index in [4.69, 9.17) is 14.6 Å². The van der Waals surface area contributed by atoms with Gasteiger partial charge in [-0.15, -0.1) is 0 Å². The SMILES string of the molecule is COc1cc(C)c(C(=O)N(C)C(C)C(=O)O)cc1OC. The third-order valence-corrected chi connectivity index (χ3v) is 3.22. The topological polar surface area (TPSA) is 76.1 Å². The van der Waals surface area contributed by atoms with Gasteiger partial charge < -0.3 is 19.5 Å². The number of carbonyl (C=O) groups excluding carboxylic acids is 1. The van der Waals surface area contributed by atoms with Gasteiger partial charge in [0, 0.05) is 12.6 Å². The van der Waals surface area contributed by atoms with Crippen LogP contribution < -0.4 is 9.47 Å². The van der Waals surface area contributed by atoms with Crippen LogP contribution in [0.3, 0.4) is 0 Å². The molecule has 0 fully saturated rings. The quantitative estimate of drug-likeness (QED) is 0.886. The van der Waals surface area contributed by atoms with E-state index in [1.165, 1.54) is 33.1 Å². The number of likely N-dealkylation sites (N-methyl/N-ethyl adjacent to an activating group) is 1. The van der Waals surface area contributed by atoms with Gasteiger partial charge in [0.15, 0.2) is 11.5 Å². The summed E-state index contributed by atoms with van der Waals surface area (Å²) < 4.78 is 10.3. The lowest BCUT2D eigenvalue weighted by atomic mass is 10.1. The lowest BCUT2D eigenvalue weighted by Crippen LogP contribution is -2.40. The van der Waals surface area contributed by atoms with Gasteiger partial charge in [-0.05, 0) is 31.5 Å². The number of aliphatic carboxylic acids is 1. The number of hydrogen-bond donors (Lipinski definition) is 1. The monoisotopic (exact) mass is 281 g/mol.